The molecule has 0 bridgehead atoms. The van der Waals surface area contributed by atoms with Gasteiger partial charge in [-0.15, -0.1) is 11.3 Å². The highest BCUT2D eigenvalue weighted by molar-refractivity contribution is 7.17. The van der Waals surface area contributed by atoms with Crippen LogP contribution in [0.15, 0.2) is 18.2 Å². The molecule has 3 rings (SSSR count). The number of ether oxygens (including phenoxy) is 3. The maximum Gasteiger partial charge on any atom is 0.329 e. The Balaban J connectivity index is 1.82. The number of aliphatic carboxylic acids is 1. The van der Waals surface area contributed by atoms with E-state index in [1.165, 1.54) is 25.6 Å². The molecule has 1 heterocycles. The first-order valence-electron chi connectivity index (χ1n) is 9.20. The van der Waals surface area contributed by atoms with Crippen LogP contribution in [0.2, 0.25) is 0 Å². The number of hydrogen-bond acceptors (Lipinski definition) is 7. The van der Waals surface area contributed by atoms with Gasteiger partial charge < -0.3 is 30.0 Å². The SMILES string of the molecule is COc1ccc(OC)c(NC(=O)c2c(NC(=O)COCC(=O)O)sc3c2CCC3)c1. The fourth-order valence-electron chi connectivity index (χ4n) is 3.22. The molecule has 1 aromatic carbocycles. The van der Waals surface area contributed by atoms with Crippen molar-refractivity contribution in [2.45, 2.75) is 19.3 Å². The standard InChI is InChI=1S/C20H22N2O7S/c1-27-11-6-7-14(28-2)13(8-11)21-19(26)18-12-4-3-5-15(12)30-20(18)22-16(23)9-29-10-17(24)25/h6-8H,3-5,9-10H2,1-2H3,(H,21,26)(H,22,23)(H,24,25). The van der Waals surface area contributed by atoms with Gasteiger partial charge >= 0.3 is 5.97 Å². The summed E-state index contributed by atoms with van der Waals surface area (Å²) < 4.78 is 15.3. The van der Waals surface area contributed by atoms with Crippen molar-refractivity contribution in [2.24, 2.45) is 0 Å². The van der Waals surface area contributed by atoms with Crippen LogP contribution in [0.25, 0.3) is 0 Å². The number of hydrogen-bond donors (Lipinski definition) is 3. The van der Waals surface area contributed by atoms with Crippen LogP contribution in [-0.4, -0.2) is 50.3 Å². The number of carboxylic acid groups (broad SMARTS) is 1. The number of amides is 2. The van der Waals surface area contributed by atoms with Crippen LogP contribution in [0.1, 0.15) is 27.2 Å². The van der Waals surface area contributed by atoms with E-state index in [1.807, 2.05) is 0 Å². The van der Waals surface area contributed by atoms with Gasteiger partial charge in [-0.1, -0.05) is 0 Å². The summed E-state index contributed by atoms with van der Waals surface area (Å²) in [4.78, 5) is 36.9. The van der Waals surface area contributed by atoms with Gasteiger partial charge in [-0.05, 0) is 37.0 Å². The van der Waals surface area contributed by atoms with E-state index in [9.17, 15) is 14.4 Å². The largest absolute Gasteiger partial charge is 0.497 e. The molecule has 160 valence electrons. The molecular weight excluding hydrogens is 412 g/mol. The first kappa shape index (κ1) is 21.6. The molecule has 0 saturated carbocycles. The van der Waals surface area contributed by atoms with E-state index in [2.05, 4.69) is 10.6 Å². The number of thiophene rings is 1. The summed E-state index contributed by atoms with van der Waals surface area (Å²) in [7, 11) is 3.03. The van der Waals surface area contributed by atoms with Crippen molar-refractivity contribution in [2.75, 3.05) is 38.1 Å². The number of fused-ring (bicyclic) bond motifs is 1. The number of methoxy groups -OCH3 is 2. The van der Waals surface area contributed by atoms with E-state index in [-0.39, 0.29) is 5.91 Å². The molecule has 2 aromatic rings. The number of carbonyl (C=O) groups excluding carboxylic acids is 2. The Labute approximate surface area is 176 Å². The first-order chi connectivity index (χ1) is 14.4. The number of carboxylic acids is 1. The minimum Gasteiger partial charge on any atom is -0.497 e. The second-order valence-corrected chi connectivity index (χ2v) is 7.62. The van der Waals surface area contributed by atoms with E-state index in [0.717, 1.165) is 29.7 Å². The molecule has 0 fully saturated rings. The Morgan fingerprint density at radius 1 is 1.10 bits per heavy atom. The van der Waals surface area contributed by atoms with E-state index < -0.39 is 25.1 Å². The third-order valence-corrected chi connectivity index (χ3v) is 5.72. The Kier molecular flexibility index (Phi) is 6.91. The lowest BCUT2D eigenvalue weighted by Gasteiger charge is -2.13. The van der Waals surface area contributed by atoms with Gasteiger partial charge in [0.2, 0.25) is 0 Å². The smallest absolute Gasteiger partial charge is 0.329 e. The fourth-order valence-corrected chi connectivity index (χ4v) is 4.53. The Morgan fingerprint density at radius 2 is 1.90 bits per heavy atom. The maximum absolute atomic E-state index is 13.1. The molecular formula is C20H22N2O7S. The third kappa shape index (κ3) is 4.89. The molecule has 1 aliphatic rings. The second-order valence-electron chi connectivity index (χ2n) is 6.52. The zero-order valence-corrected chi connectivity index (χ0v) is 17.4. The molecule has 1 aliphatic carbocycles. The van der Waals surface area contributed by atoms with Gasteiger partial charge in [0.1, 0.15) is 29.7 Å². The number of nitrogens with one attached hydrogen (secondary N) is 2. The van der Waals surface area contributed by atoms with Gasteiger partial charge in [-0.2, -0.15) is 0 Å². The second kappa shape index (κ2) is 9.59. The van der Waals surface area contributed by atoms with Crippen LogP contribution in [-0.2, 0) is 27.2 Å². The predicted molar refractivity (Wildman–Crippen MR) is 111 cm³/mol. The summed E-state index contributed by atoms with van der Waals surface area (Å²) in [5.41, 5.74) is 1.77. The Morgan fingerprint density at radius 3 is 2.60 bits per heavy atom. The summed E-state index contributed by atoms with van der Waals surface area (Å²) >= 11 is 1.35. The quantitative estimate of drug-likeness (QED) is 0.554. The van der Waals surface area contributed by atoms with Crippen molar-refractivity contribution in [1.82, 2.24) is 0 Å². The van der Waals surface area contributed by atoms with Crippen molar-refractivity contribution in [3.05, 3.63) is 34.2 Å². The topological polar surface area (TPSA) is 123 Å². The normalized spacial score (nSPS) is 12.2. The highest BCUT2D eigenvalue weighted by atomic mass is 32.1. The van der Waals surface area contributed by atoms with Crippen LogP contribution < -0.4 is 20.1 Å². The minimum atomic E-state index is -1.16. The van der Waals surface area contributed by atoms with Crippen LogP contribution in [0.4, 0.5) is 10.7 Å². The van der Waals surface area contributed by atoms with Gasteiger partial charge in [-0.25, -0.2) is 4.79 Å². The van der Waals surface area contributed by atoms with Gasteiger partial charge in [0.05, 0.1) is 25.5 Å². The lowest BCUT2D eigenvalue weighted by atomic mass is 10.1. The number of aryl methyl sites for hydroxylation is 1. The van der Waals surface area contributed by atoms with Crippen molar-refractivity contribution >= 4 is 39.8 Å². The van der Waals surface area contributed by atoms with Gasteiger partial charge in [0, 0.05) is 10.9 Å². The number of carbonyl (C=O) groups is 3. The molecule has 1 aromatic heterocycles. The molecule has 3 N–H and O–H groups in total. The average molecular weight is 434 g/mol. The molecule has 10 heteroatoms. The predicted octanol–water partition coefficient (Wildman–Crippen LogP) is 2.55. The van der Waals surface area contributed by atoms with E-state index in [0.29, 0.717) is 27.8 Å². The summed E-state index contributed by atoms with van der Waals surface area (Å²) in [6.07, 6.45) is 2.53. The van der Waals surface area contributed by atoms with Crippen LogP contribution in [0, 0.1) is 0 Å². The number of anilines is 2. The molecule has 30 heavy (non-hydrogen) atoms. The third-order valence-electron chi connectivity index (χ3n) is 4.51. The van der Waals surface area contributed by atoms with Gasteiger partial charge in [-0.3, -0.25) is 9.59 Å². The fraction of sp³-hybridized carbons (Fsp3) is 0.350. The molecule has 0 radical (unpaired) electrons. The molecule has 0 saturated heterocycles. The minimum absolute atomic E-state index is 0.372. The molecule has 0 aliphatic heterocycles. The van der Waals surface area contributed by atoms with Crippen molar-refractivity contribution in [3.8, 4) is 11.5 Å². The summed E-state index contributed by atoms with van der Waals surface area (Å²) in [6.45, 7) is -0.989. The van der Waals surface area contributed by atoms with Crippen molar-refractivity contribution in [1.29, 1.82) is 0 Å². The maximum atomic E-state index is 13.1. The molecule has 0 spiro atoms. The molecule has 2 amide bonds. The highest BCUT2D eigenvalue weighted by Crippen LogP contribution is 2.40. The van der Waals surface area contributed by atoms with E-state index in [1.54, 1.807) is 18.2 Å². The van der Waals surface area contributed by atoms with Crippen molar-refractivity contribution < 1.29 is 33.7 Å². The molecule has 0 unspecified atom stereocenters. The lowest BCUT2D eigenvalue weighted by molar-refractivity contribution is -0.143. The number of benzene rings is 1. The van der Waals surface area contributed by atoms with Crippen LogP contribution >= 0.6 is 11.3 Å². The number of rotatable bonds is 9. The Bertz CT molecular complexity index is 970. The van der Waals surface area contributed by atoms with Crippen LogP contribution in [0.3, 0.4) is 0 Å². The van der Waals surface area contributed by atoms with Crippen LogP contribution in [0.5, 0.6) is 11.5 Å². The Hall–Kier alpha value is -3.11. The lowest BCUT2D eigenvalue weighted by Crippen LogP contribution is -2.22. The van der Waals surface area contributed by atoms with Gasteiger partial charge in [0.25, 0.3) is 11.8 Å². The summed E-state index contributed by atoms with van der Waals surface area (Å²) in [6, 6.07) is 5.07. The summed E-state index contributed by atoms with van der Waals surface area (Å²) in [5, 5.41) is 14.5. The molecule has 9 nitrogen and oxygen atoms in total. The highest BCUT2D eigenvalue weighted by Gasteiger charge is 2.28. The van der Waals surface area contributed by atoms with Crippen molar-refractivity contribution in [3.63, 3.8) is 0 Å². The zero-order chi connectivity index (χ0) is 21.7. The van der Waals surface area contributed by atoms with Gasteiger partial charge in [0.15, 0.2) is 0 Å². The monoisotopic (exact) mass is 434 g/mol. The zero-order valence-electron chi connectivity index (χ0n) is 16.6. The molecule has 0 atom stereocenters. The van der Waals surface area contributed by atoms with E-state index >= 15 is 0 Å². The van der Waals surface area contributed by atoms with E-state index in [4.69, 9.17) is 19.3 Å². The summed E-state index contributed by atoms with van der Waals surface area (Å²) in [5.74, 6) is -1.02. The average Bonchev–Trinajstić information content (AvgIpc) is 3.28. The first-order valence-corrected chi connectivity index (χ1v) is 10.0.